The van der Waals surface area contributed by atoms with Crippen molar-refractivity contribution >= 4 is 40.1 Å². The predicted octanol–water partition coefficient (Wildman–Crippen LogP) is 4.83. The lowest BCUT2D eigenvalue weighted by atomic mass is 10.0. The summed E-state index contributed by atoms with van der Waals surface area (Å²) in [5, 5.41) is 8.25. The summed E-state index contributed by atoms with van der Waals surface area (Å²) in [6.07, 6.45) is 3.44. The zero-order valence-corrected chi connectivity index (χ0v) is 17.3. The first-order valence-corrected chi connectivity index (χ1v) is 9.92. The molecule has 0 radical (unpaired) electrons. The van der Waals surface area contributed by atoms with Crippen LogP contribution in [0, 0.1) is 0 Å². The van der Waals surface area contributed by atoms with Crippen LogP contribution in [-0.4, -0.2) is 17.1 Å². The Hall–Kier alpha value is -3.18. The van der Waals surface area contributed by atoms with E-state index in [-0.39, 0.29) is 12.0 Å². The van der Waals surface area contributed by atoms with Gasteiger partial charge >= 0.3 is 0 Å². The smallest absolute Gasteiger partial charge is 0.250 e. The third-order valence-electron chi connectivity index (χ3n) is 4.22. The van der Waals surface area contributed by atoms with Gasteiger partial charge in [0.05, 0.1) is 6.10 Å². The van der Waals surface area contributed by atoms with E-state index in [1.807, 2.05) is 80.6 Å². The predicted molar refractivity (Wildman–Crippen MR) is 123 cm³/mol. The van der Waals surface area contributed by atoms with E-state index in [4.69, 9.17) is 17.0 Å². The summed E-state index contributed by atoms with van der Waals surface area (Å²) < 4.78 is 5.63. The van der Waals surface area contributed by atoms with E-state index in [1.54, 1.807) is 6.08 Å². The molecule has 4 nitrogen and oxygen atoms in total. The molecule has 0 saturated heterocycles. The Labute approximate surface area is 176 Å². The number of amides is 1. The van der Waals surface area contributed by atoms with Gasteiger partial charge in [0.1, 0.15) is 5.75 Å². The van der Waals surface area contributed by atoms with Crippen molar-refractivity contribution < 1.29 is 9.53 Å². The molecule has 0 aliphatic carbocycles. The van der Waals surface area contributed by atoms with Crippen LogP contribution >= 0.6 is 12.2 Å². The van der Waals surface area contributed by atoms with Gasteiger partial charge in [-0.15, -0.1) is 0 Å². The number of carbonyl (C=O) groups is 1. The fourth-order valence-electron chi connectivity index (χ4n) is 2.90. The molecular weight excluding hydrogens is 380 g/mol. The summed E-state index contributed by atoms with van der Waals surface area (Å²) in [7, 11) is 0. The number of hydrogen-bond acceptors (Lipinski definition) is 3. The molecule has 29 heavy (non-hydrogen) atoms. The maximum absolute atomic E-state index is 12.2. The molecule has 0 bridgehead atoms. The molecule has 3 rings (SSSR count). The zero-order valence-electron chi connectivity index (χ0n) is 16.5. The first-order chi connectivity index (χ1) is 14.0. The van der Waals surface area contributed by atoms with E-state index >= 15 is 0 Å². The summed E-state index contributed by atoms with van der Waals surface area (Å²) in [6.45, 7) is 4.50. The van der Waals surface area contributed by atoms with Crippen LogP contribution in [0.4, 0.5) is 0 Å². The number of fused-ring (bicyclic) bond motifs is 1. The van der Waals surface area contributed by atoms with Crippen LogP contribution in [0.5, 0.6) is 5.75 Å². The van der Waals surface area contributed by atoms with Crippen LogP contribution in [-0.2, 0) is 11.3 Å². The second kappa shape index (κ2) is 9.85. The Balaban J connectivity index is 1.51. The van der Waals surface area contributed by atoms with Crippen LogP contribution < -0.4 is 15.4 Å². The highest BCUT2D eigenvalue weighted by Crippen LogP contribution is 2.19. The third-order valence-corrected chi connectivity index (χ3v) is 4.47. The molecule has 3 aromatic carbocycles. The van der Waals surface area contributed by atoms with Crippen molar-refractivity contribution in [1.82, 2.24) is 10.6 Å². The van der Waals surface area contributed by atoms with Gasteiger partial charge in [-0.2, -0.15) is 0 Å². The fourth-order valence-corrected chi connectivity index (χ4v) is 3.07. The highest BCUT2D eigenvalue weighted by molar-refractivity contribution is 7.80. The number of nitrogens with one attached hydrogen (secondary N) is 2. The lowest BCUT2D eigenvalue weighted by Gasteiger charge is -2.11. The highest BCUT2D eigenvalue weighted by atomic mass is 32.1. The summed E-state index contributed by atoms with van der Waals surface area (Å²) in [4.78, 5) is 12.2. The van der Waals surface area contributed by atoms with E-state index < -0.39 is 0 Å². The van der Waals surface area contributed by atoms with Crippen molar-refractivity contribution in [3.63, 3.8) is 0 Å². The van der Waals surface area contributed by atoms with Crippen molar-refractivity contribution in [2.75, 3.05) is 0 Å². The van der Waals surface area contributed by atoms with Crippen molar-refractivity contribution in [2.24, 2.45) is 0 Å². The second-order valence-corrected chi connectivity index (χ2v) is 7.29. The summed E-state index contributed by atoms with van der Waals surface area (Å²) in [5.74, 6) is 0.564. The topological polar surface area (TPSA) is 50.4 Å². The molecule has 0 atom stereocenters. The molecule has 5 heteroatoms. The van der Waals surface area contributed by atoms with E-state index in [1.165, 1.54) is 6.08 Å². The molecule has 148 valence electrons. The quantitative estimate of drug-likeness (QED) is 0.456. The minimum Gasteiger partial charge on any atom is -0.491 e. The molecular formula is C24H24N2O2S. The molecule has 0 heterocycles. The minimum absolute atomic E-state index is 0.142. The van der Waals surface area contributed by atoms with Crippen LogP contribution in [0.15, 0.2) is 72.8 Å². The number of hydrogen-bond donors (Lipinski definition) is 2. The number of thiocarbonyl (C=S) groups is 1. The summed E-state index contributed by atoms with van der Waals surface area (Å²) in [6, 6.07) is 21.9. The number of benzene rings is 3. The van der Waals surface area contributed by atoms with E-state index in [2.05, 4.69) is 10.6 Å². The van der Waals surface area contributed by atoms with Gasteiger partial charge in [-0.25, -0.2) is 0 Å². The van der Waals surface area contributed by atoms with Crippen molar-refractivity contribution in [1.29, 1.82) is 0 Å². The molecule has 0 fully saturated rings. The summed E-state index contributed by atoms with van der Waals surface area (Å²) in [5.41, 5.74) is 2.03. The molecule has 0 saturated carbocycles. The van der Waals surface area contributed by atoms with Crippen LogP contribution in [0.3, 0.4) is 0 Å². The minimum atomic E-state index is -0.267. The normalized spacial score (nSPS) is 11.0. The standard InChI is InChI=1S/C24H24N2O2S/c1-17(2)28-21-13-10-18(11-14-21)16-25-24(29)26-23(27)15-12-20-8-5-7-19-6-3-4-9-22(19)20/h3-15,17H,16H2,1-2H3,(H2,25,26,27,29)/b15-12+. The van der Waals surface area contributed by atoms with Gasteiger partial charge in [0.25, 0.3) is 0 Å². The van der Waals surface area contributed by atoms with E-state index in [9.17, 15) is 4.79 Å². The van der Waals surface area contributed by atoms with Crippen LogP contribution in [0.1, 0.15) is 25.0 Å². The maximum atomic E-state index is 12.2. The second-order valence-electron chi connectivity index (χ2n) is 6.88. The largest absolute Gasteiger partial charge is 0.491 e. The first-order valence-electron chi connectivity index (χ1n) is 9.51. The first kappa shape index (κ1) is 20.6. The lowest BCUT2D eigenvalue weighted by Crippen LogP contribution is -2.37. The molecule has 2 N–H and O–H groups in total. The van der Waals surface area contributed by atoms with Gasteiger partial charge in [0.2, 0.25) is 5.91 Å². The SMILES string of the molecule is CC(C)Oc1ccc(CNC(=S)NC(=O)/C=C/c2cccc3ccccc23)cc1. The van der Waals surface area contributed by atoms with Gasteiger partial charge in [-0.1, -0.05) is 54.6 Å². The Morgan fingerprint density at radius 2 is 1.76 bits per heavy atom. The van der Waals surface area contributed by atoms with Gasteiger partial charge < -0.3 is 10.1 Å². The van der Waals surface area contributed by atoms with Crippen LogP contribution in [0.2, 0.25) is 0 Å². The van der Waals surface area contributed by atoms with Crippen molar-refractivity contribution in [2.45, 2.75) is 26.5 Å². The van der Waals surface area contributed by atoms with Crippen molar-refractivity contribution in [3.8, 4) is 5.75 Å². The van der Waals surface area contributed by atoms with Gasteiger partial charge in [-0.05, 0) is 66.2 Å². The highest BCUT2D eigenvalue weighted by Gasteiger charge is 2.03. The molecule has 0 aliphatic heterocycles. The van der Waals surface area contributed by atoms with E-state index in [0.29, 0.717) is 11.7 Å². The average Bonchev–Trinajstić information content (AvgIpc) is 2.71. The fraction of sp³-hybridized carbons (Fsp3) is 0.167. The lowest BCUT2D eigenvalue weighted by molar-refractivity contribution is -0.115. The van der Waals surface area contributed by atoms with E-state index in [0.717, 1.165) is 27.6 Å². The number of ether oxygens (including phenoxy) is 1. The van der Waals surface area contributed by atoms with Gasteiger partial charge in [0.15, 0.2) is 5.11 Å². The van der Waals surface area contributed by atoms with Crippen molar-refractivity contribution in [3.05, 3.63) is 83.9 Å². The molecule has 0 unspecified atom stereocenters. The zero-order chi connectivity index (χ0) is 20.6. The monoisotopic (exact) mass is 404 g/mol. The Morgan fingerprint density at radius 1 is 1.03 bits per heavy atom. The maximum Gasteiger partial charge on any atom is 0.250 e. The number of carbonyl (C=O) groups excluding carboxylic acids is 1. The van der Waals surface area contributed by atoms with Crippen LogP contribution in [0.25, 0.3) is 16.8 Å². The molecule has 0 spiro atoms. The Kier molecular flexibility index (Phi) is 6.98. The molecule has 1 amide bonds. The molecule has 3 aromatic rings. The Bertz CT molecular complexity index is 1020. The summed E-state index contributed by atoms with van der Waals surface area (Å²) >= 11 is 5.22. The van der Waals surface area contributed by atoms with Gasteiger partial charge in [-0.3, -0.25) is 10.1 Å². The molecule has 0 aliphatic rings. The molecule has 0 aromatic heterocycles. The third kappa shape index (κ3) is 6.16. The van der Waals surface area contributed by atoms with Gasteiger partial charge in [0, 0.05) is 12.6 Å². The average molecular weight is 405 g/mol. The Morgan fingerprint density at radius 3 is 2.52 bits per heavy atom. The number of rotatable bonds is 6.